The first-order valence-corrected chi connectivity index (χ1v) is 5.12. The van der Waals surface area contributed by atoms with Crippen molar-refractivity contribution in [3.8, 4) is 16.9 Å². The Morgan fingerprint density at radius 2 is 1.76 bits per heavy atom. The molecule has 0 unspecified atom stereocenters. The maximum absolute atomic E-state index is 10.9. The largest absolute Gasteiger partial charge is 0.508 e. The predicted molar refractivity (Wildman–Crippen MR) is 64.9 cm³/mol. The molecule has 0 saturated carbocycles. The Kier molecular flexibility index (Phi) is 2.78. The topological polar surface area (TPSA) is 63.4 Å². The summed E-state index contributed by atoms with van der Waals surface area (Å²) in [6.45, 7) is 1.88. The van der Waals surface area contributed by atoms with Crippen LogP contribution < -0.4 is 0 Å². The van der Waals surface area contributed by atoms with Gasteiger partial charge < -0.3 is 5.11 Å². The predicted octanol–water partition coefficient (Wildman–Crippen LogP) is 3.28. The number of nitrogens with zero attached hydrogens (tertiary/aromatic N) is 1. The van der Waals surface area contributed by atoms with Crippen LogP contribution in [0.5, 0.6) is 5.75 Å². The van der Waals surface area contributed by atoms with Gasteiger partial charge in [-0.05, 0) is 30.7 Å². The molecule has 4 heteroatoms. The number of aromatic hydroxyl groups is 1. The minimum atomic E-state index is -0.401. The van der Waals surface area contributed by atoms with Crippen molar-refractivity contribution in [2.45, 2.75) is 6.92 Å². The third-order valence-corrected chi connectivity index (χ3v) is 2.53. The summed E-state index contributed by atoms with van der Waals surface area (Å²) in [5.41, 5.74) is 2.31. The van der Waals surface area contributed by atoms with Crippen LogP contribution in [0.2, 0.25) is 0 Å². The van der Waals surface area contributed by atoms with E-state index in [0.717, 1.165) is 11.1 Å². The molecule has 0 aromatic heterocycles. The van der Waals surface area contributed by atoms with Crippen LogP contribution >= 0.6 is 0 Å². The van der Waals surface area contributed by atoms with E-state index >= 15 is 0 Å². The molecule has 0 radical (unpaired) electrons. The average molecular weight is 229 g/mol. The van der Waals surface area contributed by atoms with Crippen molar-refractivity contribution >= 4 is 5.69 Å². The molecule has 0 aliphatic heterocycles. The molecule has 1 N–H and O–H groups in total. The molecule has 2 aromatic carbocycles. The smallest absolute Gasteiger partial charge is 0.277 e. The minimum absolute atomic E-state index is 0.0706. The highest BCUT2D eigenvalue weighted by molar-refractivity contribution is 5.74. The Bertz CT molecular complexity index is 561. The van der Waals surface area contributed by atoms with Crippen LogP contribution in [0.4, 0.5) is 5.69 Å². The SMILES string of the molecule is Cc1ccc([N+](=O)[O-])c(-c2ccc(O)cc2)c1. The van der Waals surface area contributed by atoms with Gasteiger partial charge >= 0.3 is 0 Å². The van der Waals surface area contributed by atoms with Crippen molar-refractivity contribution in [3.63, 3.8) is 0 Å². The summed E-state index contributed by atoms with van der Waals surface area (Å²) in [7, 11) is 0. The van der Waals surface area contributed by atoms with Gasteiger partial charge in [-0.15, -0.1) is 0 Å². The first kappa shape index (κ1) is 11.1. The molecule has 0 aliphatic rings. The van der Waals surface area contributed by atoms with Gasteiger partial charge in [0.15, 0.2) is 0 Å². The van der Waals surface area contributed by atoms with Crippen LogP contribution in [-0.4, -0.2) is 10.0 Å². The molecule has 0 atom stereocenters. The minimum Gasteiger partial charge on any atom is -0.508 e. The van der Waals surface area contributed by atoms with Crippen LogP contribution in [0.1, 0.15) is 5.56 Å². The Balaban J connectivity index is 2.60. The molecular formula is C13H11NO3. The van der Waals surface area contributed by atoms with E-state index in [4.69, 9.17) is 0 Å². The fraction of sp³-hybridized carbons (Fsp3) is 0.0769. The van der Waals surface area contributed by atoms with E-state index in [-0.39, 0.29) is 11.4 Å². The summed E-state index contributed by atoms with van der Waals surface area (Å²) in [6, 6.07) is 11.3. The maximum Gasteiger partial charge on any atom is 0.277 e. The van der Waals surface area contributed by atoms with Crippen molar-refractivity contribution in [1.82, 2.24) is 0 Å². The third kappa shape index (κ3) is 2.25. The van der Waals surface area contributed by atoms with E-state index in [9.17, 15) is 15.2 Å². The van der Waals surface area contributed by atoms with Crippen molar-refractivity contribution < 1.29 is 10.0 Å². The Morgan fingerprint density at radius 3 is 2.35 bits per heavy atom. The second-order valence-corrected chi connectivity index (χ2v) is 3.82. The van der Waals surface area contributed by atoms with Crippen molar-refractivity contribution in [1.29, 1.82) is 0 Å². The van der Waals surface area contributed by atoms with Gasteiger partial charge in [0.2, 0.25) is 0 Å². The Labute approximate surface area is 98.3 Å². The highest BCUT2D eigenvalue weighted by Crippen LogP contribution is 2.31. The van der Waals surface area contributed by atoms with Crippen molar-refractivity contribution in [2.75, 3.05) is 0 Å². The number of nitro benzene ring substituents is 1. The fourth-order valence-electron chi connectivity index (χ4n) is 1.68. The van der Waals surface area contributed by atoms with E-state index in [1.807, 2.05) is 6.92 Å². The lowest BCUT2D eigenvalue weighted by molar-refractivity contribution is -0.384. The Morgan fingerprint density at radius 1 is 1.12 bits per heavy atom. The average Bonchev–Trinajstić information content (AvgIpc) is 2.29. The number of benzene rings is 2. The summed E-state index contributed by atoms with van der Waals surface area (Å²) < 4.78 is 0. The highest BCUT2D eigenvalue weighted by atomic mass is 16.6. The molecule has 86 valence electrons. The molecule has 0 fully saturated rings. The number of phenolic OH excluding ortho intramolecular Hbond substituents is 1. The van der Waals surface area contributed by atoms with E-state index in [0.29, 0.717) is 5.56 Å². The number of hydrogen-bond donors (Lipinski definition) is 1. The van der Waals surface area contributed by atoms with E-state index in [2.05, 4.69) is 0 Å². The van der Waals surface area contributed by atoms with E-state index in [1.54, 1.807) is 24.3 Å². The fourth-order valence-corrected chi connectivity index (χ4v) is 1.68. The van der Waals surface area contributed by atoms with Crippen molar-refractivity contribution in [3.05, 3.63) is 58.1 Å². The molecule has 17 heavy (non-hydrogen) atoms. The zero-order valence-corrected chi connectivity index (χ0v) is 9.25. The lowest BCUT2D eigenvalue weighted by atomic mass is 10.0. The molecular weight excluding hydrogens is 218 g/mol. The highest BCUT2D eigenvalue weighted by Gasteiger charge is 2.14. The van der Waals surface area contributed by atoms with Gasteiger partial charge in [0.05, 0.1) is 10.5 Å². The van der Waals surface area contributed by atoms with Crippen LogP contribution in [0, 0.1) is 17.0 Å². The molecule has 0 amide bonds. The van der Waals surface area contributed by atoms with Crippen molar-refractivity contribution in [2.24, 2.45) is 0 Å². The lowest BCUT2D eigenvalue weighted by Gasteiger charge is -2.04. The second-order valence-electron chi connectivity index (χ2n) is 3.82. The van der Waals surface area contributed by atoms with Gasteiger partial charge in [0.25, 0.3) is 5.69 Å². The first-order chi connectivity index (χ1) is 8.08. The van der Waals surface area contributed by atoms with Gasteiger partial charge in [-0.25, -0.2) is 0 Å². The quantitative estimate of drug-likeness (QED) is 0.634. The molecule has 0 spiro atoms. The Hall–Kier alpha value is -2.36. The summed E-state index contributed by atoms with van der Waals surface area (Å²) in [6.07, 6.45) is 0. The van der Waals surface area contributed by atoms with Gasteiger partial charge in [0, 0.05) is 6.07 Å². The maximum atomic E-state index is 10.9. The molecule has 0 bridgehead atoms. The molecule has 4 nitrogen and oxygen atoms in total. The monoisotopic (exact) mass is 229 g/mol. The number of rotatable bonds is 2. The molecule has 0 aliphatic carbocycles. The lowest BCUT2D eigenvalue weighted by Crippen LogP contribution is -1.92. The van der Waals surface area contributed by atoms with E-state index < -0.39 is 4.92 Å². The van der Waals surface area contributed by atoms with Crippen LogP contribution in [-0.2, 0) is 0 Å². The molecule has 0 saturated heterocycles. The zero-order valence-electron chi connectivity index (χ0n) is 9.25. The van der Waals surface area contributed by atoms with Crippen LogP contribution in [0.25, 0.3) is 11.1 Å². The molecule has 2 rings (SSSR count). The zero-order chi connectivity index (χ0) is 12.4. The third-order valence-electron chi connectivity index (χ3n) is 2.53. The summed E-state index contributed by atoms with van der Waals surface area (Å²) in [4.78, 5) is 10.5. The standard InChI is InChI=1S/C13H11NO3/c1-9-2-7-13(14(16)17)12(8-9)10-3-5-11(15)6-4-10/h2-8,15H,1H3. The van der Waals surface area contributed by atoms with Crippen LogP contribution in [0.15, 0.2) is 42.5 Å². The van der Waals surface area contributed by atoms with Gasteiger partial charge in [-0.2, -0.15) is 0 Å². The van der Waals surface area contributed by atoms with Gasteiger partial charge in [-0.1, -0.05) is 23.8 Å². The number of phenols is 1. The van der Waals surface area contributed by atoms with Gasteiger partial charge in [0.1, 0.15) is 5.75 Å². The first-order valence-electron chi connectivity index (χ1n) is 5.12. The normalized spacial score (nSPS) is 10.2. The number of nitro groups is 1. The van der Waals surface area contributed by atoms with Crippen LogP contribution in [0.3, 0.4) is 0 Å². The molecule has 0 heterocycles. The van der Waals surface area contributed by atoms with E-state index in [1.165, 1.54) is 18.2 Å². The summed E-state index contributed by atoms with van der Waals surface area (Å²) >= 11 is 0. The summed E-state index contributed by atoms with van der Waals surface area (Å²) in [5, 5.41) is 20.1. The summed E-state index contributed by atoms with van der Waals surface area (Å²) in [5.74, 6) is 0.143. The number of aryl methyl sites for hydroxylation is 1. The number of hydrogen-bond acceptors (Lipinski definition) is 3. The molecule has 2 aromatic rings. The second kappa shape index (κ2) is 4.25. The van der Waals surface area contributed by atoms with Gasteiger partial charge in [-0.3, -0.25) is 10.1 Å².